The summed E-state index contributed by atoms with van der Waals surface area (Å²) >= 11 is 0. The third-order valence-electron chi connectivity index (χ3n) is 2.92. The molecule has 112 valence electrons. The molecule has 8 heteroatoms. The minimum Gasteiger partial charge on any atom is -0.393 e. The van der Waals surface area contributed by atoms with E-state index in [1.807, 2.05) is 0 Å². The van der Waals surface area contributed by atoms with E-state index in [9.17, 15) is 18.5 Å². The largest absolute Gasteiger partial charge is 0.393 e. The maximum absolute atomic E-state index is 12.1. The molecular formula is C12H18N2O5S. The fourth-order valence-electron chi connectivity index (χ4n) is 1.61. The lowest BCUT2D eigenvalue weighted by Gasteiger charge is -2.10. The number of aliphatic hydroxyl groups excluding tert-OH is 1. The topological polar surface area (TPSA) is 110 Å². The van der Waals surface area contributed by atoms with Gasteiger partial charge in [0.1, 0.15) is 0 Å². The second-order valence-corrected chi connectivity index (χ2v) is 6.43. The number of sulfonamides is 1. The molecule has 0 heterocycles. The molecule has 0 fully saturated rings. The first kappa shape index (κ1) is 16.5. The molecule has 0 radical (unpaired) electrons. The van der Waals surface area contributed by atoms with Crippen LogP contribution in [-0.2, 0) is 10.0 Å². The second-order valence-electron chi connectivity index (χ2n) is 4.70. The maximum Gasteiger partial charge on any atom is 0.289 e. The predicted octanol–water partition coefficient (Wildman–Crippen LogP) is 1.26. The van der Waals surface area contributed by atoms with Crippen molar-refractivity contribution >= 4 is 15.7 Å². The Morgan fingerprint density at radius 1 is 1.35 bits per heavy atom. The zero-order valence-corrected chi connectivity index (χ0v) is 12.4. The van der Waals surface area contributed by atoms with E-state index >= 15 is 0 Å². The number of aliphatic hydroxyl groups is 1. The highest BCUT2D eigenvalue weighted by Gasteiger charge is 2.26. The number of hydrogen-bond donors (Lipinski definition) is 2. The van der Waals surface area contributed by atoms with Crippen LogP contribution in [0, 0.1) is 24.0 Å². The number of rotatable bonds is 6. The zero-order chi connectivity index (χ0) is 15.5. The standard InChI is InChI=1S/C12H18N2O5S/c1-8-6-11(14(16)17)12(7-9(8)2)20(18,19)13-5-4-10(3)15/h6-7,10,13,15H,4-5H2,1-3H3. The van der Waals surface area contributed by atoms with Crippen LogP contribution in [0.5, 0.6) is 0 Å². The van der Waals surface area contributed by atoms with Crippen molar-refractivity contribution in [1.82, 2.24) is 4.72 Å². The summed E-state index contributed by atoms with van der Waals surface area (Å²) in [5, 5.41) is 20.1. The van der Waals surface area contributed by atoms with Crippen molar-refractivity contribution in [3.05, 3.63) is 33.4 Å². The van der Waals surface area contributed by atoms with Gasteiger partial charge in [-0.25, -0.2) is 13.1 Å². The lowest BCUT2D eigenvalue weighted by molar-refractivity contribution is -0.387. The molecule has 0 aliphatic carbocycles. The Bertz CT molecular complexity index is 611. The smallest absolute Gasteiger partial charge is 0.289 e. The number of nitro benzene ring substituents is 1. The van der Waals surface area contributed by atoms with Gasteiger partial charge in [-0.15, -0.1) is 0 Å². The van der Waals surface area contributed by atoms with Gasteiger partial charge in [-0.05, 0) is 44.4 Å². The van der Waals surface area contributed by atoms with Crippen LogP contribution in [0.15, 0.2) is 17.0 Å². The molecule has 0 saturated carbocycles. The first-order valence-corrected chi connectivity index (χ1v) is 7.57. The molecule has 7 nitrogen and oxygen atoms in total. The van der Waals surface area contributed by atoms with Crippen molar-refractivity contribution in [3.8, 4) is 0 Å². The summed E-state index contributed by atoms with van der Waals surface area (Å²) in [7, 11) is -3.97. The Labute approximate surface area is 117 Å². The maximum atomic E-state index is 12.1. The van der Waals surface area contributed by atoms with Crippen molar-refractivity contribution in [2.24, 2.45) is 0 Å². The van der Waals surface area contributed by atoms with E-state index in [0.717, 1.165) is 0 Å². The van der Waals surface area contributed by atoms with E-state index in [-0.39, 0.29) is 17.9 Å². The average molecular weight is 302 g/mol. The number of aryl methyl sites for hydroxylation is 2. The number of nitro groups is 1. The zero-order valence-electron chi connectivity index (χ0n) is 11.6. The fourth-order valence-corrected chi connectivity index (χ4v) is 2.90. The van der Waals surface area contributed by atoms with Gasteiger partial charge in [0.05, 0.1) is 11.0 Å². The van der Waals surface area contributed by atoms with Crippen LogP contribution in [0.2, 0.25) is 0 Å². The number of nitrogens with zero attached hydrogens (tertiary/aromatic N) is 1. The highest BCUT2D eigenvalue weighted by molar-refractivity contribution is 7.89. The highest BCUT2D eigenvalue weighted by atomic mass is 32.2. The van der Waals surface area contributed by atoms with Gasteiger partial charge in [0.2, 0.25) is 10.0 Å². The molecule has 1 aromatic rings. The summed E-state index contributed by atoms with van der Waals surface area (Å²) in [6, 6.07) is 2.54. The molecule has 0 spiro atoms. The van der Waals surface area contributed by atoms with Crippen LogP contribution in [0.4, 0.5) is 5.69 Å². The molecule has 0 aliphatic heterocycles. The van der Waals surface area contributed by atoms with E-state index < -0.39 is 26.7 Å². The van der Waals surface area contributed by atoms with Crippen LogP contribution in [-0.4, -0.2) is 31.1 Å². The van der Waals surface area contributed by atoms with Crippen molar-refractivity contribution in [2.75, 3.05) is 6.54 Å². The van der Waals surface area contributed by atoms with Crippen LogP contribution in [0.3, 0.4) is 0 Å². The van der Waals surface area contributed by atoms with Gasteiger partial charge in [-0.1, -0.05) is 0 Å². The van der Waals surface area contributed by atoms with Crippen molar-refractivity contribution in [2.45, 2.75) is 38.2 Å². The molecule has 0 aliphatic rings. The molecule has 20 heavy (non-hydrogen) atoms. The molecule has 0 saturated heterocycles. The van der Waals surface area contributed by atoms with Gasteiger partial charge in [0.15, 0.2) is 4.90 Å². The number of benzene rings is 1. The summed E-state index contributed by atoms with van der Waals surface area (Å²) in [6.45, 7) is 4.92. The van der Waals surface area contributed by atoms with Gasteiger partial charge in [-0.3, -0.25) is 10.1 Å². The first-order chi connectivity index (χ1) is 9.15. The molecular weight excluding hydrogens is 284 g/mol. The van der Waals surface area contributed by atoms with E-state index in [2.05, 4.69) is 4.72 Å². The van der Waals surface area contributed by atoms with Gasteiger partial charge in [0.25, 0.3) is 5.69 Å². The minimum absolute atomic E-state index is 0.0179. The average Bonchev–Trinajstić information content (AvgIpc) is 2.30. The van der Waals surface area contributed by atoms with Crippen molar-refractivity contribution in [3.63, 3.8) is 0 Å². The summed E-state index contributed by atoms with van der Waals surface area (Å²) in [5.74, 6) is 0. The molecule has 1 rings (SSSR count). The fraction of sp³-hybridized carbons (Fsp3) is 0.500. The van der Waals surface area contributed by atoms with Crippen molar-refractivity contribution < 1.29 is 18.4 Å². The van der Waals surface area contributed by atoms with Crippen molar-refractivity contribution in [1.29, 1.82) is 0 Å². The summed E-state index contributed by atoms with van der Waals surface area (Å²) in [4.78, 5) is 9.92. The molecule has 0 aromatic heterocycles. The molecule has 0 bridgehead atoms. The number of hydrogen-bond acceptors (Lipinski definition) is 5. The molecule has 1 aromatic carbocycles. The molecule has 1 unspecified atom stereocenters. The summed E-state index contributed by atoms with van der Waals surface area (Å²) in [5.41, 5.74) is 0.865. The molecule has 0 amide bonds. The molecule has 2 N–H and O–H groups in total. The van der Waals surface area contributed by atoms with Gasteiger partial charge in [-0.2, -0.15) is 0 Å². The van der Waals surface area contributed by atoms with Crippen LogP contribution in [0.1, 0.15) is 24.5 Å². The normalized spacial score (nSPS) is 13.2. The van der Waals surface area contributed by atoms with E-state index in [1.165, 1.54) is 19.1 Å². The first-order valence-electron chi connectivity index (χ1n) is 6.08. The SMILES string of the molecule is Cc1cc([N+](=O)[O-])c(S(=O)(=O)NCCC(C)O)cc1C. The van der Waals surface area contributed by atoms with Gasteiger partial charge in [0, 0.05) is 12.6 Å². The summed E-state index contributed by atoms with van der Waals surface area (Å²) in [6.07, 6.45) is -0.412. The lowest BCUT2D eigenvalue weighted by Crippen LogP contribution is -2.27. The third-order valence-corrected chi connectivity index (χ3v) is 4.41. The highest BCUT2D eigenvalue weighted by Crippen LogP contribution is 2.27. The Morgan fingerprint density at radius 2 is 1.90 bits per heavy atom. The number of nitrogens with one attached hydrogen (secondary N) is 1. The van der Waals surface area contributed by atoms with Crippen LogP contribution < -0.4 is 4.72 Å². The Balaban J connectivity index is 3.17. The summed E-state index contributed by atoms with van der Waals surface area (Å²) < 4.78 is 26.5. The Kier molecular flexibility index (Phi) is 5.21. The molecule has 1 atom stereocenters. The monoisotopic (exact) mass is 302 g/mol. The minimum atomic E-state index is -3.97. The second kappa shape index (κ2) is 6.29. The third kappa shape index (κ3) is 3.99. The predicted molar refractivity (Wildman–Crippen MR) is 74.1 cm³/mol. The quantitative estimate of drug-likeness (QED) is 0.607. The van der Waals surface area contributed by atoms with Gasteiger partial charge < -0.3 is 5.11 Å². The van der Waals surface area contributed by atoms with Crippen LogP contribution in [0.25, 0.3) is 0 Å². The van der Waals surface area contributed by atoms with E-state index in [4.69, 9.17) is 5.11 Å². The van der Waals surface area contributed by atoms with E-state index in [0.29, 0.717) is 11.1 Å². The Morgan fingerprint density at radius 3 is 2.40 bits per heavy atom. The lowest BCUT2D eigenvalue weighted by atomic mass is 10.1. The Hall–Kier alpha value is -1.51. The van der Waals surface area contributed by atoms with Gasteiger partial charge >= 0.3 is 0 Å². The van der Waals surface area contributed by atoms with Crippen LogP contribution >= 0.6 is 0 Å². The van der Waals surface area contributed by atoms with E-state index in [1.54, 1.807) is 13.8 Å².